The van der Waals surface area contributed by atoms with Crippen LogP contribution in [0.3, 0.4) is 0 Å². The molecule has 3 N–H and O–H groups in total. The number of nitrogens with two attached hydrogens (primary N) is 1. The molecule has 1 aromatic heterocycles. The molecular formula is C12H16FN3O2. The molecule has 1 atom stereocenters. The average Bonchev–Trinajstić information content (AvgIpc) is 2.38. The third-order valence-electron chi connectivity index (χ3n) is 2.25. The number of halogens is 1. The number of unbranched alkanes of at least 4 members (excludes halogenated alkanes) is 1. The number of amides is 2. The van der Waals surface area contributed by atoms with E-state index in [2.05, 4.69) is 10.3 Å². The predicted molar refractivity (Wildman–Crippen MR) is 64.2 cm³/mol. The van der Waals surface area contributed by atoms with Gasteiger partial charge in [-0.1, -0.05) is 6.42 Å². The van der Waals surface area contributed by atoms with Crippen LogP contribution in [-0.2, 0) is 4.79 Å². The van der Waals surface area contributed by atoms with Gasteiger partial charge in [-0.2, -0.15) is 4.39 Å². The molecule has 0 aliphatic carbocycles. The molecule has 0 saturated carbocycles. The lowest BCUT2D eigenvalue weighted by molar-refractivity contribution is -0.118. The van der Waals surface area contributed by atoms with E-state index in [0.717, 1.165) is 12.3 Å². The summed E-state index contributed by atoms with van der Waals surface area (Å²) < 4.78 is 19.8. The smallest absolute Gasteiger partial charge is 0.252 e. The summed E-state index contributed by atoms with van der Waals surface area (Å²) in [6, 6.07) is 2.47. The van der Waals surface area contributed by atoms with Gasteiger partial charge in [0, 0.05) is 20.5 Å². The van der Waals surface area contributed by atoms with Crippen LogP contribution in [0, 0.1) is 5.95 Å². The van der Waals surface area contributed by atoms with Gasteiger partial charge < -0.3 is 11.1 Å². The third kappa shape index (κ3) is 5.38. The Balaban J connectivity index is 2.21. The normalized spacial score (nSPS) is 12.6. The maximum absolute atomic E-state index is 12.5. The number of primary amides is 1. The SMILES string of the molecule is [2H][C@@H](CCCCNC(=O)c1ccc(F)nc1)C(N)=O. The molecule has 1 rings (SSSR count). The molecule has 6 heteroatoms. The molecule has 18 heavy (non-hydrogen) atoms. The fourth-order valence-electron chi connectivity index (χ4n) is 1.33. The number of pyridine rings is 1. The first-order valence-electron chi connectivity index (χ1n) is 6.19. The molecule has 2 amide bonds. The van der Waals surface area contributed by atoms with Crippen molar-refractivity contribution in [3.8, 4) is 0 Å². The topological polar surface area (TPSA) is 85.1 Å². The molecule has 98 valence electrons. The van der Waals surface area contributed by atoms with Crippen LogP contribution in [0.25, 0.3) is 0 Å². The van der Waals surface area contributed by atoms with E-state index in [1.54, 1.807) is 0 Å². The Kier molecular flexibility index (Phi) is 5.11. The number of carbonyl (C=O) groups is 2. The molecule has 0 aromatic carbocycles. The number of hydrogen-bond acceptors (Lipinski definition) is 3. The van der Waals surface area contributed by atoms with Crippen molar-refractivity contribution in [2.75, 3.05) is 6.54 Å². The minimum atomic E-state index is -0.892. The van der Waals surface area contributed by atoms with E-state index in [1.165, 1.54) is 6.07 Å². The first kappa shape index (κ1) is 12.5. The zero-order valence-corrected chi connectivity index (χ0v) is 9.86. The molecule has 0 spiro atoms. The van der Waals surface area contributed by atoms with Crippen LogP contribution in [0.5, 0.6) is 0 Å². The third-order valence-corrected chi connectivity index (χ3v) is 2.25. The van der Waals surface area contributed by atoms with Gasteiger partial charge in [0.2, 0.25) is 11.9 Å². The van der Waals surface area contributed by atoms with Gasteiger partial charge in [-0.15, -0.1) is 0 Å². The van der Waals surface area contributed by atoms with E-state index < -0.39 is 18.3 Å². The lowest BCUT2D eigenvalue weighted by Gasteiger charge is -2.04. The fourth-order valence-corrected chi connectivity index (χ4v) is 1.33. The highest BCUT2D eigenvalue weighted by Crippen LogP contribution is 2.00. The van der Waals surface area contributed by atoms with Gasteiger partial charge in [-0.3, -0.25) is 9.59 Å². The van der Waals surface area contributed by atoms with Gasteiger partial charge in [0.05, 0.1) is 5.56 Å². The average molecular weight is 254 g/mol. The summed E-state index contributed by atoms with van der Waals surface area (Å²) in [6.07, 6.45) is 1.92. The lowest BCUT2D eigenvalue weighted by atomic mass is 10.2. The van der Waals surface area contributed by atoms with Crippen LogP contribution in [0.4, 0.5) is 4.39 Å². The molecule has 1 aromatic rings. The molecule has 0 fully saturated rings. The minimum Gasteiger partial charge on any atom is -0.370 e. The van der Waals surface area contributed by atoms with Crippen LogP contribution in [0.15, 0.2) is 18.3 Å². The van der Waals surface area contributed by atoms with Crippen molar-refractivity contribution in [2.45, 2.75) is 25.7 Å². The minimum absolute atomic E-state index is 0.289. The lowest BCUT2D eigenvalue weighted by Crippen LogP contribution is -2.24. The molecule has 0 saturated heterocycles. The zero-order valence-electron chi connectivity index (χ0n) is 10.9. The summed E-state index contributed by atoms with van der Waals surface area (Å²) in [5, 5.41) is 2.64. The van der Waals surface area contributed by atoms with E-state index in [0.29, 0.717) is 25.8 Å². The second kappa shape index (κ2) is 7.37. The number of aromatic nitrogens is 1. The highest BCUT2D eigenvalue weighted by Gasteiger charge is 2.05. The monoisotopic (exact) mass is 254 g/mol. The summed E-state index contributed by atoms with van der Waals surface area (Å²) >= 11 is 0. The van der Waals surface area contributed by atoms with Crippen LogP contribution in [0.2, 0.25) is 0 Å². The van der Waals surface area contributed by atoms with Crippen molar-refractivity contribution in [1.82, 2.24) is 10.3 Å². The molecule has 0 unspecified atom stereocenters. The Morgan fingerprint density at radius 1 is 1.39 bits per heavy atom. The quantitative estimate of drug-likeness (QED) is 0.562. The first-order chi connectivity index (χ1) is 9.00. The maximum atomic E-state index is 12.5. The number of nitrogens with zero attached hydrogens (tertiary/aromatic N) is 1. The summed E-state index contributed by atoms with van der Waals surface area (Å²) in [7, 11) is 0. The largest absolute Gasteiger partial charge is 0.370 e. The molecular weight excluding hydrogens is 237 g/mol. The summed E-state index contributed by atoms with van der Waals surface area (Å²) in [4.78, 5) is 25.6. The fraction of sp³-hybridized carbons (Fsp3) is 0.417. The maximum Gasteiger partial charge on any atom is 0.252 e. The second-order valence-electron chi connectivity index (χ2n) is 3.73. The van der Waals surface area contributed by atoms with Gasteiger partial charge in [0.15, 0.2) is 0 Å². The van der Waals surface area contributed by atoms with Crippen LogP contribution in [0.1, 0.15) is 37.4 Å². The van der Waals surface area contributed by atoms with Crippen LogP contribution < -0.4 is 11.1 Å². The van der Waals surface area contributed by atoms with Crippen molar-refractivity contribution in [3.05, 3.63) is 29.8 Å². The number of hydrogen-bond donors (Lipinski definition) is 2. The Bertz CT molecular complexity index is 439. The van der Waals surface area contributed by atoms with Gasteiger partial charge in [0.1, 0.15) is 0 Å². The molecule has 0 bridgehead atoms. The molecule has 0 aliphatic rings. The van der Waals surface area contributed by atoms with Crippen molar-refractivity contribution in [2.24, 2.45) is 5.73 Å². The molecule has 5 nitrogen and oxygen atoms in total. The number of carbonyl (C=O) groups excluding carboxylic acids is 2. The van der Waals surface area contributed by atoms with Crippen molar-refractivity contribution in [1.29, 1.82) is 0 Å². The van der Waals surface area contributed by atoms with E-state index in [9.17, 15) is 14.0 Å². The first-order valence-corrected chi connectivity index (χ1v) is 5.62. The van der Waals surface area contributed by atoms with E-state index in [-0.39, 0.29) is 11.5 Å². The Hall–Kier alpha value is -1.98. The van der Waals surface area contributed by atoms with Gasteiger partial charge in [0.25, 0.3) is 5.91 Å². The van der Waals surface area contributed by atoms with Crippen molar-refractivity contribution in [3.63, 3.8) is 0 Å². The van der Waals surface area contributed by atoms with Gasteiger partial charge in [-0.25, -0.2) is 4.98 Å². The standard InChI is InChI=1S/C12H16FN3O2/c13-10-6-5-9(8-16-10)12(18)15-7-3-1-2-4-11(14)17/h5-6,8H,1-4,7H2,(H2,14,17)(H,15,18)/i4D/t4-/m0/s1. The van der Waals surface area contributed by atoms with Crippen LogP contribution >= 0.6 is 0 Å². The summed E-state index contributed by atoms with van der Waals surface area (Å²) in [5.41, 5.74) is 5.24. The summed E-state index contributed by atoms with van der Waals surface area (Å²) in [5.74, 6) is -1.60. The van der Waals surface area contributed by atoms with Gasteiger partial charge in [-0.05, 0) is 25.0 Å². The van der Waals surface area contributed by atoms with Crippen molar-refractivity contribution >= 4 is 11.8 Å². The Morgan fingerprint density at radius 3 is 2.78 bits per heavy atom. The van der Waals surface area contributed by atoms with Gasteiger partial charge >= 0.3 is 0 Å². The molecule has 0 aliphatic heterocycles. The van der Waals surface area contributed by atoms with Crippen molar-refractivity contribution < 1.29 is 15.4 Å². The van der Waals surface area contributed by atoms with E-state index in [1.807, 2.05) is 0 Å². The predicted octanol–water partition coefficient (Wildman–Crippen LogP) is 0.996. The highest BCUT2D eigenvalue weighted by molar-refractivity contribution is 5.93. The highest BCUT2D eigenvalue weighted by atomic mass is 19.1. The number of rotatable bonds is 7. The zero-order chi connectivity index (χ0) is 14.3. The van der Waals surface area contributed by atoms with E-state index >= 15 is 0 Å². The Morgan fingerprint density at radius 2 is 2.17 bits per heavy atom. The van der Waals surface area contributed by atoms with E-state index in [4.69, 9.17) is 7.10 Å². The molecule has 0 radical (unpaired) electrons. The Labute approximate surface area is 106 Å². The van der Waals surface area contributed by atoms with Crippen LogP contribution in [-0.4, -0.2) is 23.3 Å². The second-order valence-corrected chi connectivity index (χ2v) is 3.73. The molecule has 1 heterocycles. The summed E-state index contributed by atoms with van der Waals surface area (Å²) in [6.45, 7) is 0.418. The number of nitrogens with one attached hydrogen (secondary N) is 1.